The van der Waals surface area contributed by atoms with Crippen LogP contribution in [-0.2, 0) is 20.1 Å². The van der Waals surface area contributed by atoms with Crippen molar-refractivity contribution in [2.45, 2.75) is 26.4 Å². The van der Waals surface area contributed by atoms with Gasteiger partial charge >= 0.3 is 5.69 Å². The predicted octanol–water partition coefficient (Wildman–Crippen LogP) is 0.202. The Balaban J connectivity index is 2.44. The van der Waals surface area contributed by atoms with Gasteiger partial charge in [-0.2, -0.15) is 0 Å². The Morgan fingerprint density at radius 3 is 2.72 bits per heavy atom. The summed E-state index contributed by atoms with van der Waals surface area (Å²) in [7, 11) is 1.83. The third kappa shape index (κ3) is 2.27. The average molecular weight is 248 g/mol. The molecule has 2 rings (SSSR count). The van der Waals surface area contributed by atoms with Gasteiger partial charge in [0, 0.05) is 32.1 Å². The Hall–Kier alpha value is -2.11. The largest absolute Gasteiger partial charge is 0.336 e. The van der Waals surface area contributed by atoms with E-state index in [1.165, 1.54) is 10.6 Å². The zero-order chi connectivity index (χ0) is 13.1. The highest BCUT2D eigenvalue weighted by Crippen LogP contribution is 1.96. The molecule has 0 aliphatic rings. The van der Waals surface area contributed by atoms with Crippen LogP contribution in [0, 0.1) is 0 Å². The maximum atomic E-state index is 12.1. The Labute approximate surface area is 104 Å². The molecule has 96 valence electrons. The molecule has 0 unspecified atom stereocenters. The fourth-order valence-electron chi connectivity index (χ4n) is 1.81. The molecule has 2 aromatic rings. The van der Waals surface area contributed by atoms with Crippen molar-refractivity contribution < 1.29 is 0 Å². The molecule has 0 saturated carbocycles. The number of rotatable bonds is 4. The second kappa shape index (κ2) is 5.03. The van der Waals surface area contributed by atoms with Crippen LogP contribution in [-0.4, -0.2) is 18.7 Å². The first-order chi connectivity index (χ1) is 8.63. The van der Waals surface area contributed by atoms with Crippen LogP contribution >= 0.6 is 0 Å². The van der Waals surface area contributed by atoms with Crippen molar-refractivity contribution >= 4 is 0 Å². The lowest BCUT2D eigenvalue weighted by Crippen LogP contribution is -2.39. The molecule has 0 radical (unpaired) electrons. The molecule has 6 heteroatoms. The molecule has 0 atom stereocenters. The minimum absolute atomic E-state index is 0.249. The monoisotopic (exact) mass is 248 g/mol. The van der Waals surface area contributed by atoms with Crippen LogP contribution in [0.15, 0.2) is 34.4 Å². The molecule has 6 nitrogen and oxygen atoms in total. The van der Waals surface area contributed by atoms with Crippen LogP contribution in [0.3, 0.4) is 0 Å². The zero-order valence-electron chi connectivity index (χ0n) is 10.5. The summed E-state index contributed by atoms with van der Waals surface area (Å²) in [5, 5.41) is 0. The summed E-state index contributed by atoms with van der Waals surface area (Å²) in [6.07, 6.45) is 5.70. The number of hydrogen-bond acceptors (Lipinski definition) is 3. The van der Waals surface area contributed by atoms with Gasteiger partial charge in [0.05, 0.1) is 18.6 Å². The van der Waals surface area contributed by atoms with Crippen molar-refractivity contribution in [1.82, 2.24) is 18.7 Å². The molecule has 0 saturated heterocycles. The van der Waals surface area contributed by atoms with E-state index in [0.29, 0.717) is 6.54 Å². The molecular weight excluding hydrogens is 232 g/mol. The fraction of sp³-hybridized carbons (Fsp3) is 0.417. The third-order valence-corrected chi connectivity index (χ3v) is 2.84. The van der Waals surface area contributed by atoms with Gasteiger partial charge in [0.25, 0.3) is 5.56 Å². The lowest BCUT2D eigenvalue weighted by molar-refractivity contribution is 0.561. The van der Waals surface area contributed by atoms with E-state index in [1.807, 2.05) is 14.0 Å². The minimum atomic E-state index is -0.284. The Morgan fingerprint density at radius 1 is 1.33 bits per heavy atom. The molecule has 0 bridgehead atoms. The minimum Gasteiger partial charge on any atom is -0.336 e. The third-order valence-electron chi connectivity index (χ3n) is 2.84. The van der Waals surface area contributed by atoms with Gasteiger partial charge < -0.3 is 9.13 Å². The SMILES string of the molecule is CCCn1ccc(=O)n(Cc2cncn2C)c1=O. The molecule has 0 N–H and O–H groups in total. The molecule has 0 aliphatic carbocycles. The van der Waals surface area contributed by atoms with E-state index < -0.39 is 0 Å². The van der Waals surface area contributed by atoms with Crippen molar-refractivity contribution in [3.63, 3.8) is 0 Å². The van der Waals surface area contributed by atoms with E-state index >= 15 is 0 Å². The summed E-state index contributed by atoms with van der Waals surface area (Å²) in [4.78, 5) is 27.8. The molecule has 0 spiro atoms. The average Bonchev–Trinajstić information content (AvgIpc) is 2.74. The highest BCUT2D eigenvalue weighted by atomic mass is 16.2. The summed E-state index contributed by atoms with van der Waals surface area (Å²) in [6.45, 7) is 2.85. The summed E-state index contributed by atoms with van der Waals surface area (Å²) < 4.78 is 4.58. The molecule has 2 aromatic heterocycles. The molecular formula is C12H16N4O2. The Bertz CT molecular complexity index is 651. The van der Waals surface area contributed by atoms with Gasteiger partial charge in [0.15, 0.2) is 0 Å². The van der Waals surface area contributed by atoms with Crippen molar-refractivity contribution in [2.75, 3.05) is 0 Å². The molecule has 2 heterocycles. The number of aryl methyl sites for hydroxylation is 2. The van der Waals surface area contributed by atoms with E-state index in [9.17, 15) is 9.59 Å². The summed E-state index contributed by atoms with van der Waals surface area (Å²) in [5.74, 6) is 0. The van der Waals surface area contributed by atoms with Crippen LogP contribution in [0.4, 0.5) is 0 Å². The number of nitrogens with zero attached hydrogens (tertiary/aromatic N) is 4. The summed E-state index contributed by atoms with van der Waals surface area (Å²) in [6, 6.07) is 1.42. The van der Waals surface area contributed by atoms with Crippen molar-refractivity contribution in [2.24, 2.45) is 7.05 Å². The number of aromatic nitrogens is 4. The Morgan fingerprint density at radius 2 is 2.11 bits per heavy atom. The van der Waals surface area contributed by atoms with E-state index in [-0.39, 0.29) is 17.8 Å². The summed E-state index contributed by atoms with van der Waals surface area (Å²) in [5.41, 5.74) is 0.266. The molecule has 0 aliphatic heterocycles. The van der Waals surface area contributed by atoms with Gasteiger partial charge in [-0.3, -0.25) is 9.36 Å². The summed E-state index contributed by atoms with van der Waals surface area (Å²) >= 11 is 0. The maximum absolute atomic E-state index is 12.1. The molecule has 18 heavy (non-hydrogen) atoms. The topological polar surface area (TPSA) is 61.8 Å². The molecule has 0 amide bonds. The fourth-order valence-corrected chi connectivity index (χ4v) is 1.81. The second-order valence-corrected chi connectivity index (χ2v) is 4.21. The number of hydrogen-bond donors (Lipinski definition) is 0. The van der Waals surface area contributed by atoms with Crippen LogP contribution in [0.5, 0.6) is 0 Å². The maximum Gasteiger partial charge on any atom is 0.331 e. The van der Waals surface area contributed by atoms with Gasteiger partial charge in [-0.05, 0) is 6.42 Å². The van der Waals surface area contributed by atoms with Crippen molar-refractivity contribution in [3.05, 3.63) is 51.3 Å². The zero-order valence-corrected chi connectivity index (χ0v) is 10.5. The van der Waals surface area contributed by atoms with Crippen LogP contribution in [0.1, 0.15) is 19.0 Å². The van der Waals surface area contributed by atoms with E-state index in [4.69, 9.17) is 0 Å². The van der Waals surface area contributed by atoms with Gasteiger partial charge in [-0.25, -0.2) is 9.78 Å². The number of imidazole rings is 1. The van der Waals surface area contributed by atoms with Gasteiger partial charge in [-0.1, -0.05) is 6.92 Å². The standard InChI is InChI=1S/C12H16N4O2/c1-3-5-15-6-4-11(17)16(12(15)18)8-10-7-13-9-14(10)2/h4,6-7,9H,3,5,8H2,1-2H3. The first-order valence-electron chi connectivity index (χ1n) is 5.89. The van der Waals surface area contributed by atoms with Gasteiger partial charge in [-0.15, -0.1) is 0 Å². The first-order valence-corrected chi connectivity index (χ1v) is 5.89. The highest BCUT2D eigenvalue weighted by Gasteiger charge is 2.07. The molecule has 0 aromatic carbocycles. The van der Waals surface area contributed by atoms with Gasteiger partial charge in [0.2, 0.25) is 0 Å². The van der Waals surface area contributed by atoms with Crippen LogP contribution in [0.25, 0.3) is 0 Å². The normalized spacial score (nSPS) is 10.8. The van der Waals surface area contributed by atoms with E-state index in [1.54, 1.807) is 27.9 Å². The quantitative estimate of drug-likeness (QED) is 0.776. The second-order valence-electron chi connectivity index (χ2n) is 4.21. The predicted molar refractivity (Wildman–Crippen MR) is 67.6 cm³/mol. The lowest BCUT2D eigenvalue weighted by Gasteiger charge is -2.09. The first kappa shape index (κ1) is 12.3. The smallest absolute Gasteiger partial charge is 0.331 e. The van der Waals surface area contributed by atoms with Crippen LogP contribution < -0.4 is 11.2 Å². The van der Waals surface area contributed by atoms with Crippen molar-refractivity contribution in [1.29, 1.82) is 0 Å². The van der Waals surface area contributed by atoms with Crippen LogP contribution in [0.2, 0.25) is 0 Å². The van der Waals surface area contributed by atoms with E-state index in [2.05, 4.69) is 4.98 Å². The Kier molecular flexibility index (Phi) is 3.45. The van der Waals surface area contributed by atoms with Crippen molar-refractivity contribution in [3.8, 4) is 0 Å². The lowest BCUT2D eigenvalue weighted by atomic mass is 10.4. The van der Waals surface area contributed by atoms with E-state index in [0.717, 1.165) is 12.1 Å². The highest BCUT2D eigenvalue weighted by molar-refractivity contribution is 5.00. The molecule has 0 fully saturated rings. The van der Waals surface area contributed by atoms with Gasteiger partial charge in [0.1, 0.15) is 0 Å².